The predicted octanol–water partition coefficient (Wildman–Crippen LogP) is 3.25. The summed E-state index contributed by atoms with van der Waals surface area (Å²) in [6, 6.07) is 14.2. The van der Waals surface area contributed by atoms with Gasteiger partial charge in [0.25, 0.3) is 0 Å². The summed E-state index contributed by atoms with van der Waals surface area (Å²) in [6.45, 7) is 2.49. The van der Waals surface area contributed by atoms with Gasteiger partial charge in [-0.3, -0.25) is 9.10 Å². The number of nitrogens with zero attached hydrogens (tertiary/aromatic N) is 1. The molecule has 28 heavy (non-hydrogen) atoms. The summed E-state index contributed by atoms with van der Waals surface area (Å²) in [7, 11) is -3.62. The summed E-state index contributed by atoms with van der Waals surface area (Å²) in [5.41, 5.74) is 1.52. The van der Waals surface area contributed by atoms with Gasteiger partial charge in [0.1, 0.15) is 12.3 Å². The Kier molecular flexibility index (Phi) is 8.14. The maximum atomic E-state index is 12.3. The van der Waals surface area contributed by atoms with Crippen molar-refractivity contribution in [3.05, 3.63) is 59.1 Å². The molecule has 0 radical (unpaired) electrons. The molecule has 0 saturated heterocycles. The van der Waals surface area contributed by atoms with Crippen molar-refractivity contribution in [1.29, 1.82) is 0 Å². The zero-order valence-electron chi connectivity index (χ0n) is 16.0. The number of anilines is 1. The second-order valence-corrected chi connectivity index (χ2v) is 8.62. The fraction of sp³-hybridized carbons (Fsp3) is 0.350. The molecule has 6 nitrogen and oxygen atoms in total. The number of sulfonamides is 1. The van der Waals surface area contributed by atoms with E-state index in [2.05, 4.69) is 5.32 Å². The highest BCUT2D eigenvalue weighted by Gasteiger charge is 2.21. The van der Waals surface area contributed by atoms with E-state index in [4.69, 9.17) is 16.3 Å². The molecule has 0 fully saturated rings. The smallest absolute Gasteiger partial charge is 0.240 e. The lowest BCUT2D eigenvalue weighted by Crippen LogP contribution is -2.40. The van der Waals surface area contributed by atoms with Gasteiger partial charge in [-0.1, -0.05) is 29.8 Å². The van der Waals surface area contributed by atoms with Gasteiger partial charge in [0.15, 0.2) is 0 Å². The van der Waals surface area contributed by atoms with Crippen molar-refractivity contribution in [1.82, 2.24) is 5.32 Å². The van der Waals surface area contributed by atoms with Gasteiger partial charge in [0.05, 0.1) is 18.6 Å². The average molecular weight is 425 g/mol. The van der Waals surface area contributed by atoms with Gasteiger partial charge in [-0.15, -0.1) is 0 Å². The van der Waals surface area contributed by atoms with Crippen LogP contribution in [0.15, 0.2) is 48.5 Å². The molecule has 0 saturated carbocycles. The third-order valence-corrected chi connectivity index (χ3v) is 5.37. The molecule has 1 amide bonds. The standard InChI is InChI=1S/C20H25ClN2O4S/c1-3-27-19-8-4-7-18(14-19)23(28(2,25)26)15-20(24)22-13-5-6-16-9-11-17(21)12-10-16/h4,7-12,14H,3,5-6,13,15H2,1-2H3,(H,22,24). The molecule has 0 unspecified atom stereocenters. The van der Waals surface area contributed by atoms with Gasteiger partial charge in [0.2, 0.25) is 15.9 Å². The quantitative estimate of drug-likeness (QED) is 0.594. The van der Waals surface area contributed by atoms with Crippen molar-refractivity contribution in [2.24, 2.45) is 0 Å². The summed E-state index contributed by atoms with van der Waals surface area (Å²) in [5.74, 6) is 0.195. The predicted molar refractivity (Wildman–Crippen MR) is 113 cm³/mol. The first-order valence-corrected chi connectivity index (χ1v) is 11.2. The number of amides is 1. The molecule has 8 heteroatoms. The Morgan fingerprint density at radius 1 is 1.18 bits per heavy atom. The highest BCUT2D eigenvalue weighted by Crippen LogP contribution is 2.23. The minimum absolute atomic E-state index is 0.282. The molecular weight excluding hydrogens is 400 g/mol. The highest BCUT2D eigenvalue weighted by atomic mass is 35.5. The number of hydrogen-bond acceptors (Lipinski definition) is 4. The molecule has 0 aliphatic rings. The Morgan fingerprint density at radius 2 is 1.89 bits per heavy atom. The van der Waals surface area contributed by atoms with Crippen LogP contribution in [0.25, 0.3) is 0 Å². The van der Waals surface area contributed by atoms with Crippen LogP contribution in [-0.4, -0.2) is 40.3 Å². The zero-order chi connectivity index (χ0) is 20.6. The number of ether oxygens (including phenoxy) is 1. The van der Waals surface area contributed by atoms with Crippen molar-refractivity contribution in [2.45, 2.75) is 19.8 Å². The lowest BCUT2D eigenvalue weighted by molar-refractivity contribution is -0.119. The van der Waals surface area contributed by atoms with E-state index in [0.29, 0.717) is 29.6 Å². The summed E-state index contributed by atoms with van der Waals surface area (Å²) in [5, 5.41) is 3.46. The molecule has 2 aromatic carbocycles. The number of carbonyl (C=O) groups is 1. The SMILES string of the molecule is CCOc1cccc(N(CC(=O)NCCCc2ccc(Cl)cc2)S(C)(=O)=O)c1. The fourth-order valence-electron chi connectivity index (χ4n) is 2.65. The summed E-state index contributed by atoms with van der Waals surface area (Å²) >= 11 is 5.86. The number of rotatable bonds is 10. The molecule has 0 atom stereocenters. The number of aryl methyl sites for hydroxylation is 1. The first kappa shape index (κ1) is 22.0. The van der Waals surface area contributed by atoms with Crippen LogP contribution in [-0.2, 0) is 21.2 Å². The third kappa shape index (κ3) is 7.05. The van der Waals surface area contributed by atoms with E-state index in [1.54, 1.807) is 24.3 Å². The number of nitrogens with one attached hydrogen (secondary N) is 1. The third-order valence-electron chi connectivity index (χ3n) is 3.98. The van der Waals surface area contributed by atoms with Crippen molar-refractivity contribution in [2.75, 3.05) is 30.3 Å². The molecule has 0 heterocycles. The molecule has 0 bridgehead atoms. The van der Waals surface area contributed by atoms with Gasteiger partial charge in [-0.25, -0.2) is 8.42 Å². The molecule has 0 aromatic heterocycles. The lowest BCUT2D eigenvalue weighted by Gasteiger charge is -2.22. The number of carbonyl (C=O) groups excluding carboxylic acids is 1. The minimum atomic E-state index is -3.62. The van der Waals surface area contributed by atoms with E-state index in [1.807, 2.05) is 31.2 Å². The Labute approximate surface area is 171 Å². The van der Waals surface area contributed by atoms with E-state index < -0.39 is 10.0 Å². The molecular formula is C20H25ClN2O4S. The number of halogens is 1. The normalized spacial score (nSPS) is 11.1. The molecule has 1 N–H and O–H groups in total. The highest BCUT2D eigenvalue weighted by molar-refractivity contribution is 7.92. The van der Waals surface area contributed by atoms with Crippen LogP contribution in [0.1, 0.15) is 18.9 Å². The second-order valence-electron chi connectivity index (χ2n) is 6.28. The summed E-state index contributed by atoms with van der Waals surface area (Å²) in [6.07, 6.45) is 2.61. The maximum absolute atomic E-state index is 12.3. The lowest BCUT2D eigenvalue weighted by atomic mass is 10.1. The van der Waals surface area contributed by atoms with Crippen molar-refractivity contribution >= 4 is 33.2 Å². The first-order chi connectivity index (χ1) is 13.3. The minimum Gasteiger partial charge on any atom is -0.494 e. The zero-order valence-corrected chi connectivity index (χ0v) is 17.6. The van der Waals surface area contributed by atoms with Crippen LogP contribution in [0, 0.1) is 0 Å². The van der Waals surface area contributed by atoms with E-state index in [9.17, 15) is 13.2 Å². The van der Waals surface area contributed by atoms with Gasteiger partial charge >= 0.3 is 0 Å². The Hall–Kier alpha value is -2.25. The van der Waals surface area contributed by atoms with E-state index >= 15 is 0 Å². The summed E-state index contributed by atoms with van der Waals surface area (Å²) in [4.78, 5) is 12.3. The van der Waals surface area contributed by atoms with Crippen LogP contribution in [0.5, 0.6) is 5.75 Å². The molecule has 152 valence electrons. The van der Waals surface area contributed by atoms with Gasteiger partial charge in [-0.05, 0) is 49.6 Å². The van der Waals surface area contributed by atoms with Gasteiger partial charge < -0.3 is 10.1 Å². The monoisotopic (exact) mass is 424 g/mol. The molecule has 2 rings (SSSR count). The first-order valence-electron chi connectivity index (χ1n) is 9.01. The van der Waals surface area contributed by atoms with Crippen LogP contribution < -0.4 is 14.4 Å². The fourth-order valence-corrected chi connectivity index (χ4v) is 3.63. The van der Waals surface area contributed by atoms with Crippen LogP contribution in [0.4, 0.5) is 5.69 Å². The Bertz CT molecular complexity index is 885. The average Bonchev–Trinajstić information content (AvgIpc) is 2.64. The maximum Gasteiger partial charge on any atom is 0.240 e. The van der Waals surface area contributed by atoms with Crippen molar-refractivity contribution in [3.63, 3.8) is 0 Å². The Balaban J connectivity index is 1.92. The van der Waals surface area contributed by atoms with Crippen molar-refractivity contribution < 1.29 is 17.9 Å². The second kappa shape index (κ2) is 10.3. The van der Waals surface area contributed by atoms with Crippen molar-refractivity contribution in [3.8, 4) is 5.75 Å². The molecule has 0 aliphatic carbocycles. The van der Waals surface area contributed by atoms with Crippen LogP contribution in [0.3, 0.4) is 0 Å². The topological polar surface area (TPSA) is 75.7 Å². The van der Waals surface area contributed by atoms with E-state index in [-0.39, 0.29) is 12.5 Å². The largest absolute Gasteiger partial charge is 0.494 e. The number of hydrogen-bond donors (Lipinski definition) is 1. The van der Waals surface area contributed by atoms with Crippen LogP contribution in [0.2, 0.25) is 5.02 Å². The van der Waals surface area contributed by atoms with Crippen LogP contribution >= 0.6 is 11.6 Å². The van der Waals surface area contributed by atoms with E-state index in [0.717, 1.165) is 29.0 Å². The number of benzene rings is 2. The Morgan fingerprint density at radius 3 is 2.54 bits per heavy atom. The summed E-state index contributed by atoms with van der Waals surface area (Å²) < 4.78 is 30.8. The van der Waals surface area contributed by atoms with Gasteiger partial charge in [0, 0.05) is 17.6 Å². The van der Waals surface area contributed by atoms with Gasteiger partial charge in [-0.2, -0.15) is 0 Å². The molecule has 0 aliphatic heterocycles. The van der Waals surface area contributed by atoms with E-state index in [1.165, 1.54) is 0 Å². The molecule has 2 aromatic rings. The molecule has 0 spiro atoms.